The third kappa shape index (κ3) is 10.4. The molecule has 2 nitrogen and oxygen atoms in total. The molecule has 0 amide bonds. The molecule has 0 radical (unpaired) electrons. The number of hydrogen-bond acceptors (Lipinski definition) is 3. The lowest BCUT2D eigenvalue weighted by Crippen LogP contribution is -2.20. The van der Waals surface area contributed by atoms with Gasteiger partial charge in [0.15, 0.2) is 6.29 Å². The maximum Gasteiger partial charge on any atom is 0.197 e. The van der Waals surface area contributed by atoms with Crippen LogP contribution in [0.15, 0.2) is 47.4 Å². The van der Waals surface area contributed by atoms with E-state index in [4.69, 9.17) is 9.47 Å². The van der Waals surface area contributed by atoms with Gasteiger partial charge in [-0.25, -0.2) is 0 Å². The van der Waals surface area contributed by atoms with Crippen LogP contribution in [0.3, 0.4) is 0 Å². The number of rotatable bonds is 12. The molecule has 1 aromatic carbocycles. The van der Waals surface area contributed by atoms with Crippen molar-refractivity contribution in [2.75, 3.05) is 12.4 Å². The standard InChI is InChI=1S/C26H42O2S/c1-9-11-24(12-10-2)29-18-17-27-21(5)28-23-15-13-22(14-16-23)25(19-20(3)4)26(6,7)8/h9,11-16,20-21,25H,10,17-19H2,1-8H3/b11-9-,24-12+. The van der Waals surface area contributed by atoms with Crippen molar-refractivity contribution in [2.24, 2.45) is 11.3 Å². The predicted octanol–water partition coefficient (Wildman–Crippen LogP) is 8.21. The van der Waals surface area contributed by atoms with Gasteiger partial charge in [-0.3, -0.25) is 0 Å². The maximum absolute atomic E-state index is 5.96. The van der Waals surface area contributed by atoms with Gasteiger partial charge in [0, 0.05) is 10.7 Å². The van der Waals surface area contributed by atoms with Gasteiger partial charge in [-0.05, 0) is 61.6 Å². The Kier molecular flexibility index (Phi) is 11.7. The molecule has 0 aliphatic carbocycles. The van der Waals surface area contributed by atoms with E-state index in [0.717, 1.165) is 17.9 Å². The Balaban J connectivity index is 2.54. The van der Waals surface area contributed by atoms with E-state index in [-0.39, 0.29) is 11.7 Å². The van der Waals surface area contributed by atoms with E-state index in [2.05, 4.69) is 84.0 Å². The van der Waals surface area contributed by atoms with Crippen LogP contribution in [0.25, 0.3) is 0 Å². The first-order chi connectivity index (χ1) is 13.7. The van der Waals surface area contributed by atoms with Crippen molar-refractivity contribution in [1.82, 2.24) is 0 Å². The highest BCUT2D eigenvalue weighted by Crippen LogP contribution is 2.40. The van der Waals surface area contributed by atoms with Crippen molar-refractivity contribution < 1.29 is 9.47 Å². The molecular formula is C26H42O2S. The lowest BCUT2D eigenvalue weighted by atomic mass is 9.72. The Bertz CT molecular complexity index is 623. The molecule has 1 rings (SSSR count). The lowest BCUT2D eigenvalue weighted by Gasteiger charge is -2.32. The van der Waals surface area contributed by atoms with Crippen molar-refractivity contribution in [3.8, 4) is 5.75 Å². The van der Waals surface area contributed by atoms with E-state index in [1.54, 1.807) is 0 Å². The second-order valence-electron chi connectivity index (χ2n) is 9.04. The van der Waals surface area contributed by atoms with Gasteiger partial charge in [0.05, 0.1) is 6.61 Å². The summed E-state index contributed by atoms with van der Waals surface area (Å²) in [5, 5.41) is 0. The molecule has 2 unspecified atom stereocenters. The fraction of sp³-hybridized carbons (Fsp3) is 0.615. The van der Waals surface area contributed by atoms with E-state index in [0.29, 0.717) is 18.4 Å². The molecule has 3 heteroatoms. The minimum atomic E-state index is -0.254. The number of ether oxygens (including phenoxy) is 2. The van der Waals surface area contributed by atoms with Crippen molar-refractivity contribution in [2.45, 2.75) is 80.4 Å². The van der Waals surface area contributed by atoms with Gasteiger partial charge in [-0.15, -0.1) is 11.8 Å². The second kappa shape index (κ2) is 13.2. The molecule has 0 saturated carbocycles. The smallest absolute Gasteiger partial charge is 0.197 e. The van der Waals surface area contributed by atoms with Crippen LogP contribution in [0.2, 0.25) is 0 Å². The molecule has 0 fully saturated rings. The fourth-order valence-corrected chi connectivity index (χ4v) is 4.31. The highest BCUT2D eigenvalue weighted by molar-refractivity contribution is 8.03. The van der Waals surface area contributed by atoms with Crippen LogP contribution in [0.4, 0.5) is 0 Å². The zero-order valence-electron chi connectivity index (χ0n) is 19.8. The Hall–Kier alpha value is -1.19. The van der Waals surface area contributed by atoms with E-state index in [9.17, 15) is 0 Å². The van der Waals surface area contributed by atoms with E-state index < -0.39 is 0 Å². The fourth-order valence-electron chi connectivity index (χ4n) is 3.38. The summed E-state index contributed by atoms with van der Waals surface area (Å²) >= 11 is 1.82. The van der Waals surface area contributed by atoms with Crippen LogP contribution >= 0.6 is 11.8 Å². The van der Waals surface area contributed by atoms with Crippen molar-refractivity contribution >= 4 is 11.8 Å². The molecule has 0 aliphatic rings. The Morgan fingerprint density at radius 1 is 1.10 bits per heavy atom. The largest absolute Gasteiger partial charge is 0.465 e. The summed E-state index contributed by atoms with van der Waals surface area (Å²) in [6.45, 7) is 18.4. The first kappa shape index (κ1) is 25.8. The van der Waals surface area contributed by atoms with Gasteiger partial charge in [0.25, 0.3) is 0 Å². The number of allylic oxidation sites excluding steroid dienone is 3. The molecule has 0 heterocycles. The topological polar surface area (TPSA) is 18.5 Å². The third-order valence-electron chi connectivity index (χ3n) is 4.78. The normalized spacial score (nSPS) is 15.1. The molecule has 0 spiro atoms. The summed E-state index contributed by atoms with van der Waals surface area (Å²) in [7, 11) is 0. The van der Waals surface area contributed by atoms with Gasteiger partial charge in [0.2, 0.25) is 0 Å². The molecule has 29 heavy (non-hydrogen) atoms. The van der Waals surface area contributed by atoms with Gasteiger partial charge in [0.1, 0.15) is 5.75 Å². The summed E-state index contributed by atoms with van der Waals surface area (Å²) in [6.07, 6.45) is 8.47. The molecule has 2 atom stereocenters. The predicted molar refractivity (Wildman–Crippen MR) is 130 cm³/mol. The van der Waals surface area contributed by atoms with Crippen molar-refractivity contribution in [3.05, 3.63) is 53.0 Å². The maximum atomic E-state index is 5.96. The van der Waals surface area contributed by atoms with Crippen LogP contribution in [-0.2, 0) is 4.74 Å². The Labute approximate surface area is 184 Å². The molecule has 164 valence electrons. The third-order valence-corrected chi connectivity index (χ3v) is 5.78. The molecule has 0 N–H and O–H groups in total. The zero-order chi connectivity index (χ0) is 21.9. The Morgan fingerprint density at radius 2 is 1.76 bits per heavy atom. The quantitative estimate of drug-likeness (QED) is 0.193. The van der Waals surface area contributed by atoms with Gasteiger partial charge >= 0.3 is 0 Å². The average Bonchev–Trinajstić information content (AvgIpc) is 2.63. The summed E-state index contributed by atoms with van der Waals surface area (Å²) in [5.74, 6) is 3.02. The second-order valence-corrected chi connectivity index (χ2v) is 10.2. The molecule has 0 aliphatic heterocycles. The number of benzene rings is 1. The van der Waals surface area contributed by atoms with Gasteiger partial charge in [-0.2, -0.15) is 0 Å². The lowest BCUT2D eigenvalue weighted by molar-refractivity contribution is -0.0602. The van der Waals surface area contributed by atoms with Crippen molar-refractivity contribution in [3.63, 3.8) is 0 Å². The van der Waals surface area contributed by atoms with E-state index in [1.807, 2.05) is 25.6 Å². The summed E-state index contributed by atoms with van der Waals surface area (Å²) in [6, 6.07) is 8.60. The van der Waals surface area contributed by atoms with Crippen LogP contribution in [-0.4, -0.2) is 18.6 Å². The van der Waals surface area contributed by atoms with E-state index >= 15 is 0 Å². The molecular weight excluding hydrogens is 376 g/mol. The molecule has 0 aromatic heterocycles. The monoisotopic (exact) mass is 418 g/mol. The van der Waals surface area contributed by atoms with Crippen LogP contribution < -0.4 is 4.74 Å². The zero-order valence-corrected chi connectivity index (χ0v) is 20.6. The number of hydrogen-bond donors (Lipinski definition) is 0. The first-order valence-corrected chi connectivity index (χ1v) is 12.0. The highest BCUT2D eigenvalue weighted by atomic mass is 32.2. The Morgan fingerprint density at radius 3 is 2.28 bits per heavy atom. The van der Waals surface area contributed by atoms with Crippen LogP contribution in [0.1, 0.15) is 79.7 Å². The van der Waals surface area contributed by atoms with Crippen LogP contribution in [0, 0.1) is 11.3 Å². The highest BCUT2D eigenvalue weighted by Gasteiger charge is 2.26. The minimum Gasteiger partial charge on any atom is -0.465 e. The molecule has 0 saturated heterocycles. The van der Waals surface area contributed by atoms with Crippen LogP contribution in [0.5, 0.6) is 5.75 Å². The number of thioether (sulfide) groups is 1. The van der Waals surface area contributed by atoms with Gasteiger partial charge in [-0.1, -0.05) is 71.9 Å². The summed E-state index contributed by atoms with van der Waals surface area (Å²) in [5.41, 5.74) is 1.64. The summed E-state index contributed by atoms with van der Waals surface area (Å²) in [4.78, 5) is 1.30. The van der Waals surface area contributed by atoms with Crippen molar-refractivity contribution in [1.29, 1.82) is 0 Å². The molecule has 0 bridgehead atoms. The average molecular weight is 419 g/mol. The minimum absolute atomic E-state index is 0.249. The SMILES string of the molecule is C/C=C\C(=C/CC)SCCOC(C)Oc1ccc(C(CC(C)C)C(C)(C)C)cc1. The summed E-state index contributed by atoms with van der Waals surface area (Å²) < 4.78 is 11.8. The van der Waals surface area contributed by atoms with Gasteiger partial charge < -0.3 is 9.47 Å². The van der Waals surface area contributed by atoms with E-state index in [1.165, 1.54) is 16.9 Å². The molecule has 1 aromatic rings. The first-order valence-electron chi connectivity index (χ1n) is 11.0.